The second-order valence-electron chi connectivity index (χ2n) is 7.59. The largest absolute Gasteiger partial charge is 0.354 e. The minimum atomic E-state index is -0.375. The number of nitrogens with zero attached hydrogens (tertiary/aromatic N) is 1. The molecule has 1 saturated heterocycles. The van der Waals surface area contributed by atoms with Gasteiger partial charge in [-0.2, -0.15) is 0 Å². The van der Waals surface area contributed by atoms with Gasteiger partial charge in [0.2, 0.25) is 5.91 Å². The summed E-state index contributed by atoms with van der Waals surface area (Å²) in [6.45, 7) is 1.95. The highest BCUT2D eigenvalue weighted by Gasteiger charge is 2.32. The van der Waals surface area contributed by atoms with Crippen molar-refractivity contribution in [2.75, 3.05) is 19.6 Å². The van der Waals surface area contributed by atoms with Gasteiger partial charge in [-0.25, -0.2) is 0 Å². The van der Waals surface area contributed by atoms with Gasteiger partial charge in [-0.3, -0.25) is 9.59 Å². The molecule has 3 rings (SSSR count). The van der Waals surface area contributed by atoms with Crippen LogP contribution >= 0.6 is 0 Å². The summed E-state index contributed by atoms with van der Waals surface area (Å²) in [6.07, 6.45) is 5.55. The van der Waals surface area contributed by atoms with Gasteiger partial charge in [0.25, 0.3) is 5.91 Å². The van der Waals surface area contributed by atoms with Crippen LogP contribution in [0.15, 0.2) is 54.6 Å². The van der Waals surface area contributed by atoms with Crippen LogP contribution in [0, 0.1) is 0 Å². The zero-order chi connectivity index (χ0) is 20.5. The first-order valence-electron chi connectivity index (χ1n) is 10.6. The second-order valence-corrected chi connectivity index (χ2v) is 7.59. The number of carbonyl (C=O) groups excluding carboxylic acids is 2. The maximum absolute atomic E-state index is 13.1. The SMILES string of the molecule is NCCCCCNC(=O)[C@H]1CCCCN1C(=O)c1ccc(-c2ccccc2)cc1. The fraction of sp³-hybridized carbons (Fsp3) is 0.417. The fourth-order valence-corrected chi connectivity index (χ4v) is 3.82. The first-order chi connectivity index (χ1) is 14.2. The zero-order valence-corrected chi connectivity index (χ0v) is 17.0. The van der Waals surface area contributed by atoms with Crippen LogP contribution in [0.1, 0.15) is 48.9 Å². The van der Waals surface area contributed by atoms with Crippen LogP contribution < -0.4 is 11.1 Å². The molecule has 0 spiro atoms. The van der Waals surface area contributed by atoms with Crippen molar-refractivity contribution in [1.29, 1.82) is 0 Å². The number of piperidine rings is 1. The Balaban J connectivity index is 1.63. The van der Waals surface area contributed by atoms with Crippen molar-refractivity contribution in [2.45, 2.75) is 44.6 Å². The van der Waals surface area contributed by atoms with Gasteiger partial charge in [-0.1, -0.05) is 48.9 Å². The van der Waals surface area contributed by atoms with Gasteiger partial charge < -0.3 is 16.0 Å². The molecule has 1 heterocycles. The monoisotopic (exact) mass is 393 g/mol. The van der Waals surface area contributed by atoms with E-state index in [-0.39, 0.29) is 17.9 Å². The number of benzene rings is 2. The number of rotatable bonds is 8. The summed E-state index contributed by atoms with van der Waals surface area (Å²) in [5, 5.41) is 3.00. The van der Waals surface area contributed by atoms with Crippen LogP contribution in [0.3, 0.4) is 0 Å². The van der Waals surface area contributed by atoms with Gasteiger partial charge in [-0.05, 0) is 61.9 Å². The Bertz CT molecular complexity index is 790. The predicted molar refractivity (Wildman–Crippen MR) is 116 cm³/mol. The van der Waals surface area contributed by atoms with Gasteiger partial charge >= 0.3 is 0 Å². The highest BCUT2D eigenvalue weighted by molar-refractivity contribution is 5.98. The molecule has 0 aliphatic carbocycles. The van der Waals surface area contributed by atoms with Crippen molar-refractivity contribution in [3.63, 3.8) is 0 Å². The first-order valence-corrected chi connectivity index (χ1v) is 10.6. The minimum absolute atomic E-state index is 0.0355. The molecule has 1 aliphatic heterocycles. The maximum Gasteiger partial charge on any atom is 0.254 e. The topological polar surface area (TPSA) is 75.4 Å². The van der Waals surface area contributed by atoms with E-state index in [4.69, 9.17) is 5.73 Å². The molecular weight excluding hydrogens is 362 g/mol. The molecule has 0 saturated carbocycles. The van der Waals surface area contributed by atoms with E-state index in [0.717, 1.165) is 49.7 Å². The molecule has 2 amide bonds. The number of carbonyl (C=O) groups is 2. The lowest BCUT2D eigenvalue weighted by Crippen LogP contribution is -2.52. The molecule has 0 unspecified atom stereocenters. The highest BCUT2D eigenvalue weighted by atomic mass is 16.2. The fourth-order valence-electron chi connectivity index (χ4n) is 3.82. The van der Waals surface area contributed by atoms with E-state index < -0.39 is 0 Å². The molecule has 2 aromatic carbocycles. The van der Waals surface area contributed by atoms with Crippen LogP contribution in [-0.4, -0.2) is 42.4 Å². The van der Waals surface area contributed by atoms with E-state index in [1.54, 1.807) is 4.90 Å². The second kappa shape index (κ2) is 10.8. The van der Waals surface area contributed by atoms with E-state index in [1.807, 2.05) is 42.5 Å². The van der Waals surface area contributed by atoms with Crippen LogP contribution in [-0.2, 0) is 4.79 Å². The third-order valence-electron chi connectivity index (χ3n) is 5.49. The normalized spacial score (nSPS) is 16.4. The van der Waals surface area contributed by atoms with Gasteiger partial charge in [0.1, 0.15) is 6.04 Å². The van der Waals surface area contributed by atoms with E-state index >= 15 is 0 Å². The Morgan fingerprint density at radius 1 is 0.931 bits per heavy atom. The first kappa shape index (κ1) is 21.1. The van der Waals surface area contributed by atoms with E-state index in [9.17, 15) is 9.59 Å². The molecule has 0 bridgehead atoms. The Kier molecular flexibility index (Phi) is 7.82. The summed E-state index contributed by atoms with van der Waals surface area (Å²) in [5.74, 6) is -0.0979. The van der Waals surface area contributed by atoms with Crippen molar-refractivity contribution in [3.05, 3.63) is 60.2 Å². The average Bonchev–Trinajstić information content (AvgIpc) is 2.79. The van der Waals surface area contributed by atoms with Crippen molar-refractivity contribution in [1.82, 2.24) is 10.2 Å². The summed E-state index contributed by atoms with van der Waals surface area (Å²) in [5.41, 5.74) is 8.33. The Hall–Kier alpha value is -2.66. The summed E-state index contributed by atoms with van der Waals surface area (Å²) in [4.78, 5) is 27.5. The number of nitrogens with one attached hydrogen (secondary N) is 1. The van der Waals surface area contributed by atoms with Crippen molar-refractivity contribution in [2.24, 2.45) is 5.73 Å². The Morgan fingerprint density at radius 2 is 1.66 bits per heavy atom. The van der Waals surface area contributed by atoms with Gasteiger partial charge in [0.15, 0.2) is 0 Å². The standard InChI is InChI=1S/C24H31N3O2/c25-16-6-2-7-17-26-23(28)22-11-5-8-18-27(22)24(29)21-14-12-20(13-15-21)19-9-3-1-4-10-19/h1,3-4,9-10,12-15,22H,2,5-8,11,16-18,25H2,(H,26,28)/t22-/m1/s1. The number of amides is 2. The number of nitrogens with two attached hydrogens (primary N) is 1. The lowest BCUT2D eigenvalue weighted by atomic mass is 9.99. The van der Waals surface area contributed by atoms with Crippen LogP contribution in [0.5, 0.6) is 0 Å². The molecule has 1 aliphatic rings. The minimum Gasteiger partial charge on any atom is -0.354 e. The van der Waals surface area contributed by atoms with Crippen molar-refractivity contribution < 1.29 is 9.59 Å². The summed E-state index contributed by atoms with van der Waals surface area (Å²) >= 11 is 0. The summed E-state index contributed by atoms with van der Waals surface area (Å²) in [6, 6.07) is 17.4. The van der Waals surface area contributed by atoms with Gasteiger partial charge in [0.05, 0.1) is 0 Å². The van der Waals surface area contributed by atoms with E-state index in [0.29, 0.717) is 25.2 Å². The van der Waals surface area contributed by atoms with Gasteiger partial charge in [-0.15, -0.1) is 0 Å². The molecule has 0 radical (unpaired) electrons. The molecular formula is C24H31N3O2. The summed E-state index contributed by atoms with van der Waals surface area (Å²) in [7, 11) is 0. The van der Waals surface area contributed by atoms with E-state index in [1.165, 1.54) is 0 Å². The van der Waals surface area contributed by atoms with Crippen LogP contribution in [0.2, 0.25) is 0 Å². The third-order valence-corrected chi connectivity index (χ3v) is 5.49. The smallest absolute Gasteiger partial charge is 0.254 e. The Morgan fingerprint density at radius 3 is 2.38 bits per heavy atom. The molecule has 1 fully saturated rings. The summed E-state index contributed by atoms with van der Waals surface area (Å²) < 4.78 is 0. The van der Waals surface area contributed by atoms with E-state index in [2.05, 4.69) is 17.4 Å². The molecule has 2 aromatic rings. The molecule has 29 heavy (non-hydrogen) atoms. The number of hydrogen-bond donors (Lipinski definition) is 2. The molecule has 5 heteroatoms. The lowest BCUT2D eigenvalue weighted by Gasteiger charge is -2.34. The van der Waals surface area contributed by atoms with Crippen LogP contribution in [0.4, 0.5) is 0 Å². The Labute approximate surface area is 173 Å². The molecule has 154 valence electrons. The van der Waals surface area contributed by atoms with Crippen molar-refractivity contribution in [3.8, 4) is 11.1 Å². The van der Waals surface area contributed by atoms with Crippen LogP contribution in [0.25, 0.3) is 11.1 Å². The number of likely N-dealkylation sites (tertiary alicyclic amines) is 1. The predicted octanol–water partition coefficient (Wildman–Crippen LogP) is 3.59. The number of unbranched alkanes of at least 4 members (excludes halogenated alkanes) is 2. The molecule has 3 N–H and O–H groups in total. The maximum atomic E-state index is 13.1. The third kappa shape index (κ3) is 5.67. The average molecular weight is 394 g/mol. The quantitative estimate of drug-likeness (QED) is 0.673. The van der Waals surface area contributed by atoms with Crippen molar-refractivity contribution >= 4 is 11.8 Å². The molecule has 5 nitrogen and oxygen atoms in total. The zero-order valence-electron chi connectivity index (χ0n) is 17.0. The number of hydrogen-bond acceptors (Lipinski definition) is 3. The highest BCUT2D eigenvalue weighted by Crippen LogP contribution is 2.23. The molecule has 0 aromatic heterocycles. The molecule has 1 atom stereocenters. The van der Waals surface area contributed by atoms with Gasteiger partial charge in [0, 0.05) is 18.7 Å². The lowest BCUT2D eigenvalue weighted by molar-refractivity contribution is -0.126.